The number of halogens is 1. The molecule has 4 N–H and O–H groups in total. The monoisotopic (exact) mass is 436 g/mol. The van der Waals surface area contributed by atoms with Gasteiger partial charge in [-0.2, -0.15) is 4.68 Å². The van der Waals surface area contributed by atoms with E-state index in [1.165, 1.54) is 7.11 Å². The Kier molecular flexibility index (Phi) is 5.42. The van der Waals surface area contributed by atoms with Gasteiger partial charge in [0.15, 0.2) is 5.69 Å². The second-order valence-electron chi connectivity index (χ2n) is 5.09. The smallest absolute Gasteiger partial charge is 0.290 e. The summed E-state index contributed by atoms with van der Waals surface area (Å²) in [6.07, 6.45) is 0. The van der Waals surface area contributed by atoms with E-state index in [1.54, 1.807) is 24.3 Å². The Balaban J connectivity index is 1.84. The average Bonchev–Trinajstić information content (AvgIpc) is 3.26. The third-order valence-electron chi connectivity index (χ3n) is 3.34. The quantitative estimate of drug-likeness (QED) is 0.474. The molecular formula is C14H13BrN8O4. The van der Waals surface area contributed by atoms with Gasteiger partial charge in [0.25, 0.3) is 11.8 Å². The Bertz CT molecular complexity index is 985. The van der Waals surface area contributed by atoms with E-state index in [0.29, 0.717) is 10.0 Å². The third-order valence-corrected chi connectivity index (χ3v) is 4.03. The van der Waals surface area contributed by atoms with E-state index in [0.717, 1.165) is 4.68 Å². The molecule has 0 aliphatic carbocycles. The molecule has 0 fully saturated rings. The highest BCUT2D eigenvalue weighted by atomic mass is 79.9. The van der Waals surface area contributed by atoms with E-state index < -0.39 is 11.8 Å². The van der Waals surface area contributed by atoms with Crippen molar-refractivity contribution >= 4 is 33.6 Å². The van der Waals surface area contributed by atoms with E-state index in [4.69, 9.17) is 10.5 Å². The molecule has 0 aliphatic heterocycles. The molecule has 2 amide bonds. The Labute approximate surface area is 160 Å². The van der Waals surface area contributed by atoms with Crippen LogP contribution in [0.4, 0.5) is 5.82 Å². The number of nitrogens with two attached hydrogens (primary N) is 1. The summed E-state index contributed by atoms with van der Waals surface area (Å²) < 4.78 is 11.1. The molecule has 0 bridgehead atoms. The number of nitrogen functional groups attached to an aromatic ring is 1. The lowest BCUT2D eigenvalue weighted by molar-refractivity contribution is 0.0839. The first kappa shape index (κ1) is 18.5. The number of nitrogens with one attached hydrogen (secondary N) is 2. The first-order valence-corrected chi connectivity index (χ1v) is 8.19. The first-order chi connectivity index (χ1) is 13.0. The maximum Gasteiger partial charge on any atom is 0.290 e. The number of carbonyl (C=O) groups is 2. The summed E-state index contributed by atoms with van der Waals surface area (Å²) in [4.78, 5) is 24.9. The fourth-order valence-electron chi connectivity index (χ4n) is 2.15. The fourth-order valence-corrected chi connectivity index (χ4v) is 2.61. The van der Waals surface area contributed by atoms with Gasteiger partial charge in [-0.25, -0.2) is 4.63 Å². The van der Waals surface area contributed by atoms with Crippen molar-refractivity contribution in [3.05, 3.63) is 45.7 Å². The van der Waals surface area contributed by atoms with Crippen molar-refractivity contribution in [2.24, 2.45) is 0 Å². The summed E-state index contributed by atoms with van der Waals surface area (Å²) in [5.41, 5.74) is 10.7. The highest BCUT2D eigenvalue weighted by Crippen LogP contribution is 2.17. The van der Waals surface area contributed by atoms with Crippen molar-refractivity contribution < 1.29 is 19.0 Å². The summed E-state index contributed by atoms with van der Waals surface area (Å²) in [7, 11) is 1.43. The van der Waals surface area contributed by atoms with Gasteiger partial charge in [-0.3, -0.25) is 20.4 Å². The number of ether oxygens (including phenoxy) is 1. The number of methoxy groups -OCH3 is 1. The molecule has 3 rings (SSSR count). The zero-order valence-electron chi connectivity index (χ0n) is 13.8. The van der Waals surface area contributed by atoms with Gasteiger partial charge in [0.05, 0.1) is 12.2 Å². The number of benzene rings is 1. The number of aromatic nitrogens is 5. The molecule has 12 nitrogen and oxygen atoms in total. The average molecular weight is 437 g/mol. The van der Waals surface area contributed by atoms with Gasteiger partial charge in [-0.05, 0) is 38.4 Å². The van der Waals surface area contributed by atoms with Crippen LogP contribution in [0.1, 0.15) is 26.5 Å². The summed E-state index contributed by atoms with van der Waals surface area (Å²) in [6.45, 7) is -0.00782. The van der Waals surface area contributed by atoms with E-state index in [9.17, 15) is 9.59 Å². The highest BCUT2D eigenvalue weighted by molar-refractivity contribution is 9.10. The van der Waals surface area contributed by atoms with Crippen LogP contribution in [-0.4, -0.2) is 44.2 Å². The van der Waals surface area contributed by atoms with Crippen molar-refractivity contribution in [2.45, 2.75) is 6.61 Å². The summed E-state index contributed by atoms with van der Waals surface area (Å²) in [6, 6.07) is 6.75. The molecule has 0 radical (unpaired) electrons. The number of hydrogen-bond acceptors (Lipinski definition) is 9. The van der Waals surface area contributed by atoms with Crippen LogP contribution < -0.4 is 16.6 Å². The first-order valence-electron chi connectivity index (χ1n) is 7.40. The zero-order valence-corrected chi connectivity index (χ0v) is 15.4. The molecule has 0 aliphatic rings. The zero-order chi connectivity index (χ0) is 19.4. The van der Waals surface area contributed by atoms with Crippen molar-refractivity contribution in [3.63, 3.8) is 0 Å². The normalized spacial score (nSPS) is 10.6. The molecule has 13 heteroatoms. The van der Waals surface area contributed by atoms with Crippen LogP contribution in [0, 0.1) is 0 Å². The van der Waals surface area contributed by atoms with E-state index in [-0.39, 0.29) is 29.6 Å². The van der Waals surface area contributed by atoms with Gasteiger partial charge in [0.1, 0.15) is 5.69 Å². The Hall–Kier alpha value is -3.32. The maximum absolute atomic E-state index is 12.6. The minimum atomic E-state index is -0.713. The van der Waals surface area contributed by atoms with Crippen molar-refractivity contribution in [3.8, 4) is 5.82 Å². The largest absolute Gasteiger partial charge is 0.378 e. The van der Waals surface area contributed by atoms with Crippen LogP contribution in [0.2, 0.25) is 0 Å². The molecule has 0 saturated carbocycles. The van der Waals surface area contributed by atoms with Crippen LogP contribution in [-0.2, 0) is 11.3 Å². The minimum Gasteiger partial charge on any atom is -0.378 e. The molecule has 27 heavy (non-hydrogen) atoms. The minimum absolute atomic E-state index is 0.00782. The van der Waals surface area contributed by atoms with Gasteiger partial charge < -0.3 is 10.5 Å². The topological polar surface area (TPSA) is 163 Å². The number of rotatable bonds is 5. The Morgan fingerprint density at radius 3 is 2.67 bits per heavy atom. The molecule has 0 saturated heterocycles. The van der Waals surface area contributed by atoms with Crippen LogP contribution in [0.25, 0.3) is 5.82 Å². The Morgan fingerprint density at radius 1 is 1.26 bits per heavy atom. The lowest BCUT2D eigenvalue weighted by Crippen LogP contribution is -2.42. The van der Waals surface area contributed by atoms with E-state index in [2.05, 4.69) is 52.0 Å². The number of amides is 2. The summed E-state index contributed by atoms with van der Waals surface area (Å²) in [5, 5.41) is 14.7. The predicted molar refractivity (Wildman–Crippen MR) is 93.4 cm³/mol. The van der Waals surface area contributed by atoms with Crippen molar-refractivity contribution in [1.82, 2.24) is 36.2 Å². The molecular weight excluding hydrogens is 424 g/mol. The number of hydrogen-bond donors (Lipinski definition) is 3. The van der Waals surface area contributed by atoms with Gasteiger partial charge in [0, 0.05) is 11.6 Å². The SMILES string of the molecule is COCc1nnn(-c2nonc2N)c1C(=O)NNC(=O)c1ccccc1Br. The van der Waals surface area contributed by atoms with Crippen molar-refractivity contribution in [1.29, 1.82) is 0 Å². The van der Waals surface area contributed by atoms with E-state index >= 15 is 0 Å². The second-order valence-corrected chi connectivity index (χ2v) is 5.95. The lowest BCUT2D eigenvalue weighted by atomic mass is 10.2. The van der Waals surface area contributed by atoms with Gasteiger partial charge >= 0.3 is 0 Å². The summed E-state index contributed by atoms with van der Waals surface area (Å²) >= 11 is 3.27. The standard InChI is InChI=1S/C14H13BrN8O4/c1-26-6-9-10(23(22-17-9)12-11(16)20-27-21-12)14(25)19-18-13(24)7-4-2-3-5-8(7)15/h2-5H,6H2,1H3,(H2,16,20)(H,18,24)(H,19,25). The number of nitrogens with zero attached hydrogens (tertiary/aromatic N) is 5. The van der Waals surface area contributed by atoms with Crippen LogP contribution >= 0.6 is 15.9 Å². The van der Waals surface area contributed by atoms with Crippen LogP contribution in [0.15, 0.2) is 33.4 Å². The molecule has 2 aromatic heterocycles. The van der Waals surface area contributed by atoms with Gasteiger partial charge in [-0.15, -0.1) is 5.10 Å². The molecule has 140 valence electrons. The van der Waals surface area contributed by atoms with Crippen LogP contribution in [0.5, 0.6) is 0 Å². The van der Waals surface area contributed by atoms with Crippen molar-refractivity contribution in [2.75, 3.05) is 12.8 Å². The maximum atomic E-state index is 12.6. The third kappa shape index (κ3) is 3.78. The van der Waals surface area contributed by atoms with Crippen LogP contribution in [0.3, 0.4) is 0 Å². The summed E-state index contributed by atoms with van der Waals surface area (Å²) in [5.74, 6) is -1.34. The predicted octanol–water partition coefficient (Wildman–Crippen LogP) is 0.216. The molecule has 2 heterocycles. The molecule has 0 unspecified atom stereocenters. The molecule has 0 atom stereocenters. The Morgan fingerprint density at radius 2 is 2.00 bits per heavy atom. The van der Waals surface area contributed by atoms with Gasteiger partial charge in [0.2, 0.25) is 11.6 Å². The molecule has 0 spiro atoms. The number of anilines is 1. The second kappa shape index (κ2) is 7.92. The number of hydrazine groups is 1. The molecule has 1 aromatic carbocycles. The lowest BCUT2D eigenvalue weighted by Gasteiger charge is -2.09. The number of carbonyl (C=O) groups excluding carboxylic acids is 2. The molecule has 3 aromatic rings. The van der Waals surface area contributed by atoms with E-state index in [1.807, 2.05) is 0 Å². The van der Waals surface area contributed by atoms with Gasteiger partial charge in [-0.1, -0.05) is 17.3 Å². The highest BCUT2D eigenvalue weighted by Gasteiger charge is 2.25. The fraction of sp³-hybridized carbons (Fsp3) is 0.143.